The molecule has 0 aliphatic heterocycles. The second-order valence-electron chi connectivity index (χ2n) is 3.59. The highest BCUT2D eigenvalue weighted by Crippen LogP contribution is 2.32. The molecule has 0 unspecified atom stereocenters. The summed E-state index contributed by atoms with van der Waals surface area (Å²) in [7, 11) is 0. The van der Waals surface area contributed by atoms with Crippen LogP contribution in [0.4, 0.5) is 4.39 Å². The number of thiophene rings is 1. The molecule has 0 radical (unpaired) electrons. The van der Waals surface area contributed by atoms with E-state index in [2.05, 4.69) is 0 Å². The fourth-order valence-corrected chi connectivity index (χ4v) is 2.58. The van der Waals surface area contributed by atoms with Crippen LogP contribution in [0.5, 0.6) is 0 Å². The van der Waals surface area contributed by atoms with Gasteiger partial charge in [0.05, 0.1) is 11.1 Å². The van der Waals surface area contributed by atoms with E-state index in [1.165, 1.54) is 17.4 Å². The molecule has 2 rings (SSSR count). The van der Waals surface area contributed by atoms with Crippen molar-refractivity contribution in [2.24, 2.45) is 5.73 Å². The summed E-state index contributed by atoms with van der Waals surface area (Å²) in [5, 5.41) is 2.33. The summed E-state index contributed by atoms with van der Waals surface area (Å²) in [5.41, 5.74) is 7.23. The molecule has 16 heavy (non-hydrogen) atoms. The minimum atomic E-state index is -0.493. The van der Waals surface area contributed by atoms with Gasteiger partial charge in [-0.05, 0) is 30.0 Å². The van der Waals surface area contributed by atoms with E-state index in [0.717, 1.165) is 10.4 Å². The van der Waals surface area contributed by atoms with Crippen molar-refractivity contribution in [3.05, 3.63) is 56.5 Å². The molecule has 1 aromatic heterocycles. The first kappa shape index (κ1) is 11.6. The molecule has 1 heterocycles. The first-order chi connectivity index (χ1) is 7.61. The Balaban J connectivity index is 2.52. The molecule has 0 bridgehead atoms. The molecule has 1 aromatic carbocycles. The van der Waals surface area contributed by atoms with Crippen LogP contribution < -0.4 is 5.73 Å². The topological polar surface area (TPSA) is 26.0 Å². The molecule has 84 valence electrons. The van der Waals surface area contributed by atoms with E-state index in [1.54, 1.807) is 6.07 Å². The van der Waals surface area contributed by atoms with Gasteiger partial charge in [-0.1, -0.05) is 23.7 Å². The zero-order valence-electron chi connectivity index (χ0n) is 8.71. The third kappa shape index (κ3) is 1.98. The maximum absolute atomic E-state index is 13.7. The lowest BCUT2D eigenvalue weighted by Gasteiger charge is -2.14. The Hall–Kier alpha value is -0.900. The third-order valence-corrected chi connectivity index (χ3v) is 3.94. The van der Waals surface area contributed by atoms with Gasteiger partial charge in [-0.3, -0.25) is 0 Å². The Bertz CT molecular complexity index is 496. The first-order valence-corrected chi connectivity index (χ1v) is 6.10. The molecule has 2 N–H and O–H groups in total. The molecular formula is C12H11ClFNS. The third-order valence-electron chi connectivity index (χ3n) is 2.48. The molecule has 0 saturated heterocycles. The van der Waals surface area contributed by atoms with Crippen LogP contribution >= 0.6 is 22.9 Å². The molecule has 0 aliphatic rings. The van der Waals surface area contributed by atoms with Gasteiger partial charge in [-0.25, -0.2) is 4.39 Å². The number of rotatable bonds is 2. The van der Waals surface area contributed by atoms with Crippen LogP contribution in [-0.4, -0.2) is 0 Å². The van der Waals surface area contributed by atoms with Crippen molar-refractivity contribution in [3.63, 3.8) is 0 Å². The lowest BCUT2D eigenvalue weighted by molar-refractivity contribution is 0.600. The number of hydrogen-bond donors (Lipinski definition) is 1. The second-order valence-corrected chi connectivity index (χ2v) is 4.94. The van der Waals surface area contributed by atoms with E-state index in [9.17, 15) is 4.39 Å². The predicted molar refractivity (Wildman–Crippen MR) is 66.5 cm³/mol. The average molecular weight is 256 g/mol. The maximum atomic E-state index is 13.7. The van der Waals surface area contributed by atoms with E-state index in [-0.39, 0.29) is 5.82 Å². The van der Waals surface area contributed by atoms with E-state index >= 15 is 0 Å². The number of benzene rings is 1. The van der Waals surface area contributed by atoms with Gasteiger partial charge < -0.3 is 5.73 Å². The number of hydrogen-bond acceptors (Lipinski definition) is 2. The van der Waals surface area contributed by atoms with Gasteiger partial charge in [0.15, 0.2) is 0 Å². The summed E-state index contributed by atoms with van der Waals surface area (Å²) in [6.07, 6.45) is 0. The van der Waals surface area contributed by atoms with Crippen molar-refractivity contribution in [2.75, 3.05) is 0 Å². The highest BCUT2D eigenvalue weighted by atomic mass is 35.5. The summed E-state index contributed by atoms with van der Waals surface area (Å²) in [4.78, 5) is 0.909. The van der Waals surface area contributed by atoms with Crippen LogP contribution in [0.15, 0.2) is 29.6 Å². The van der Waals surface area contributed by atoms with Crippen LogP contribution in [-0.2, 0) is 0 Å². The van der Waals surface area contributed by atoms with Crippen LogP contribution in [0.2, 0.25) is 5.02 Å². The van der Waals surface area contributed by atoms with E-state index in [0.29, 0.717) is 10.6 Å². The Morgan fingerprint density at radius 1 is 1.38 bits per heavy atom. The molecule has 1 atom stereocenters. The number of halogens is 2. The summed E-state index contributed by atoms with van der Waals surface area (Å²) in [6, 6.07) is 6.34. The largest absolute Gasteiger partial charge is 0.319 e. The summed E-state index contributed by atoms with van der Waals surface area (Å²) in [6.45, 7) is 1.84. The minimum Gasteiger partial charge on any atom is -0.319 e. The molecule has 2 aromatic rings. The maximum Gasteiger partial charge on any atom is 0.129 e. The van der Waals surface area contributed by atoms with Crippen LogP contribution in [0, 0.1) is 12.7 Å². The van der Waals surface area contributed by atoms with Crippen molar-refractivity contribution in [2.45, 2.75) is 13.0 Å². The second kappa shape index (κ2) is 4.53. The monoisotopic (exact) mass is 255 g/mol. The molecule has 1 nitrogen and oxygen atoms in total. The van der Waals surface area contributed by atoms with Crippen molar-refractivity contribution < 1.29 is 4.39 Å². The Labute approximate surface area is 103 Å². The molecule has 0 amide bonds. The Morgan fingerprint density at radius 2 is 2.12 bits per heavy atom. The van der Waals surface area contributed by atoms with Gasteiger partial charge in [0.2, 0.25) is 0 Å². The molecule has 0 spiro atoms. The molecule has 0 fully saturated rings. The van der Waals surface area contributed by atoms with Gasteiger partial charge in [0.25, 0.3) is 0 Å². The quantitative estimate of drug-likeness (QED) is 0.866. The average Bonchev–Trinajstić information content (AvgIpc) is 2.77. The summed E-state index contributed by atoms with van der Waals surface area (Å²) >= 11 is 7.59. The zero-order chi connectivity index (χ0) is 11.7. The molecular weight excluding hydrogens is 245 g/mol. The predicted octanol–water partition coefficient (Wildman–Crippen LogP) is 3.90. The van der Waals surface area contributed by atoms with Gasteiger partial charge in [0.1, 0.15) is 5.82 Å². The highest BCUT2D eigenvalue weighted by Gasteiger charge is 2.19. The fourth-order valence-electron chi connectivity index (χ4n) is 1.57. The summed E-state index contributed by atoms with van der Waals surface area (Å²) < 4.78 is 13.7. The van der Waals surface area contributed by atoms with Gasteiger partial charge in [-0.15, -0.1) is 11.3 Å². The van der Waals surface area contributed by atoms with Gasteiger partial charge >= 0.3 is 0 Å². The standard InChI is InChI=1S/C12H11ClFNS/c1-7-4-5-8(14)10(11(7)13)12(15)9-3-2-6-16-9/h2-6,12H,15H2,1H3/t12-/m0/s1. The van der Waals surface area contributed by atoms with Crippen LogP contribution in [0.25, 0.3) is 0 Å². The fraction of sp³-hybridized carbons (Fsp3) is 0.167. The summed E-state index contributed by atoms with van der Waals surface area (Å²) in [5.74, 6) is -0.350. The lowest BCUT2D eigenvalue weighted by atomic mass is 10.0. The smallest absolute Gasteiger partial charge is 0.129 e. The Morgan fingerprint density at radius 3 is 2.75 bits per heavy atom. The van der Waals surface area contributed by atoms with Crippen LogP contribution in [0.3, 0.4) is 0 Å². The lowest BCUT2D eigenvalue weighted by Crippen LogP contribution is -2.13. The first-order valence-electron chi connectivity index (χ1n) is 4.84. The van der Waals surface area contributed by atoms with E-state index < -0.39 is 6.04 Å². The molecule has 0 aliphatic carbocycles. The number of aryl methyl sites for hydroxylation is 1. The SMILES string of the molecule is Cc1ccc(F)c([C@@H](N)c2cccs2)c1Cl. The van der Waals surface area contributed by atoms with Crippen molar-refractivity contribution in [1.29, 1.82) is 0 Å². The van der Waals surface area contributed by atoms with Gasteiger partial charge in [-0.2, -0.15) is 0 Å². The van der Waals surface area contributed by atoms with Crippen LogP contribution in [0.1, 0.15) is 22.0 Å². The van der Waals surface area contributed by atoms with Crippen molar-refractivity contribution >= 4 is 22.9 Å². The van der Waals surface area contributed by atoms with Crippen molar-refractivity contribution in [3.8, 4) is 0 Å². The normalized spacial score (nSPS) is 12.8. The molecule has 4 heteroatoms. The van der Waals surface area contributed by atoms with E-state index in [1.807, 2.05) is 24.4 Å². The minimum absolute atomic E-state index is 0.350. The zero-order valence-corrected chi connectivity index (χ0v) is 10.3. The highest BCUT2D eigenvalue weighted by molar-refractivity contribution is 7.10. The van der Waals surface area contributed by atoms with Crippen molar-refractivity contribution in [1.82, 2.24) is 0 Å². The van der Waals surface area contributed by atoms with Gasteiger partial charge in [0, 0.05) is 10.4 Å². The van der Waals surface area contributed by atoms with E-state index in [4.69, 9.17) is 17.3 Å². The number of nitrogens with two attached hydrogens (primary N) is 1. The Kier molecular flexibility index (Phi) is 3.28. The molecule has 0 saturated carbocycles.